The molecule has 1 saturated carbocycles. The number of amides is 2. The molecule has 7 heteroatoms. The highest BCUT2D eigenvalue weighted by molar-refractivity contribution is 5.93. The molecule has 1 atom stereocenters. The third kappa shape index (κ3) is 5.44. The summed E-state index contributed by atoms with van der Waals surface area (Å²) in [5.74, 6) is 0.970. The van der Waals surface area contributed by atoms with Crippen molar-refractivity contribution in [1.82, 2.24) is 10.3 Å². The summed E-state index contributed by atoms with van der Waals surface area (Å²) in [6.07, 6.45) is 3.42. The van der Waals surface area contributed by atoms with E-state index in [1.807, 2.05) is 31.2 Å². The second kappa shape index (κ2) is 8.53. The van der Waals surface area contributed by atoms with E-state index < -0.39 is 0 Å². The molecular formula is C20H23N3O4. The molecule has 0 saturated heterocycles. The molecule has 2 N–H and O–H groups in total. The summed E-state index contributed by atoms with van der Waals surface area (Å²) in [4.78, 5) is 27.9. The van der Waals surface area contributed by atoms with Gasteiger partial charge in [-0.15, -0.1) is 0 Å². The Hall–Kier alpha value is -3.09. The van der Waals surface area contributed by atoms with Crippen LogP contribution in [0.2, 0.25) is 0 Å². The van der Waals surface area contributed by atoms with E-state index in [-0.39, 0.29) is 30.4 Å². The van der Waals surface area contributed by atoms with Gasteiger partial charge in [-0.1, -0.05) is 12.1 Å². The lowest BCUT2D eigenvalue weighted by Crippen LogP contribution is -2.31. The Kier molecular flexibility index (Phi) is 5.90. The first-order valence-electron chi connectivity index (χ1n) is 8.88. The monoisotopic (exact) mass is 369 g/mol. The molecule has 7 nitrogen and oxygen atoms in total. The van der Waals surface area contributed by atoms with Gasteiger partial charge >= 0.3 is 0 Å². The zero-order valence-electron chi connectivity index (χ0n) is 15.4. The van der Waals surface area contributed by atoms with Crippen LogP contribution in [0.15, 0.2) is 42.6 Å². The Bertz CT molecular complexity index is 803. The van der Waals surface area contributed by atoms with Crippen molar-refractivity contribution in [3.63, 3.8) is 0 Å². The van der Waals surface area contributed by atoms with Crippen molar-refractivity contribution in [1.29, 1.82) is 0 Å². The van der Waals surface area contributed by atoms with Crippen LogP contribution in [0.3, 0.4) is 0 Å². The average Bonchev–Trinajstić information content (AvgIpc) is 3.53. The summed E-state index contributed by atoms with van der Waals surface area (Å²) in [6.45, 7) is 1.75. The van der Waals surface area contributed by atoms with Crippen LogP contribution in [0.4, 0.5) is 5.69 Å². The van der Waals surface area contributed by atoms with E-state index in [4.69, 9.17) is 9.47 Å². The molecule has 1 aromatic heterocycles. The maximum absolute atomic E-state index is 12.1. The fraction of sp³-hybridized carbons (Fsp3) is 0.350. The number of hydrogen-bond donors (Lipinski definition) is 2. The SMILES string of the molecule is COc1cccc(C(C)NC(=O)COc2ccc(NC(=O)C3CC3)cn2)c1. The summed E-state index contributed by atoms with van der Waals surface area (Å²) in [5, 5.41) is 5.67. The molecule has 1 unspecified atom stereocenters. The first kappa shape index (κ1) is 18.7. The third-order valence-corrected chi connectivity index (χ3v) is 4.27. The normalized spacial score (nSPS) is 14.1. The molecule has 0 bridgehead atoms. The van der Waals surface area contributed by atoms with E-state index in [1.54, 1.807) is 19.2 Å². The van der Waals surface area contributed by atoms with Gasteiger partial charge in [-0.3, -0.25) is 9.59 Å². The van der Waals surface area contributed by atoms with Gasteiger partial charge in [0.15, 0.2) is 6.61 Å². The zero-order chi connectivity index (χ0) is 19.2. The Labute approximate surface area is 158 Å². The highest BCUT2D eigenvalue weighted by Gasteiger charge is 2.29. The minimum absolute atomic E-state index is 0.0244. The quantitative estimate of drug-likeness (QED) is 0.747. The molecule has 27 heavy (non-hydrogen) atoms. The molecule has 0 radical (unpaired) electrons. The smallest absolute Gasteiger partial charge is 0.258 e. The number of ether oxygens (including phenoxy) is 2. The predicted octanol–water partition coefficient (Wildman–Crippen LogP) is 2.69. The van der Waals surface area contributed by atoms with E-state index in [1.165, 1.54) is 6.20 Å². The Balaban J connectivity index is 1.46. The number of rotatable bonds is 8. The first-order chi connectivity index (χ1) is 13.0. The molecule has 1 aliphatic carbocycles. The van der Waals surface area contributed by atoms with Crippen molar-refractivity contribution in [3.05, 3.63) is 48.2 Å². The lowest BCUT2D eigenvalue weighted by Gasteiger charge is -2.15. The first-order valence-corrected chi connectivity index (χ1v) is 8.88. The van der Waals surface area contributed by atoms with Crippen molar-refractivity contribution in [2.24, 2.45) is 5.92 Å². The van der Waals surface area contributed by atoms with Gasteiger partial charge in [0.2, 0.25) is 11.8 Å². The number of methoxy groups -OCH3 is 1. The van der Waals surface area contributed by atoms with Crippen LogP contribution in [-0.2, 0) is 9.59 Å². The van der Waals surface area contributed by atoms with Crippen LogP contribution in [0, 0.1) is 5.92 Å². The fourth-order valence-corrected chi connectivity index (χ4v) is 2.55. The molecule has 1 aliphatic rings. The van der Waals surface area contributed by atoms with Gasteiger partial charge < -0.3 is 20.1 Å². The highest BCUT2D eigenvalue weighted by Crippen LogP contribution is 2.30. The molecule has 0 aliphatic heterocycles. The number of carbonyl (C=O) groups excluding carboxylic acids is 2. The van der Waals surface area contributed by atoms with Crippen LogP contribution in [0.5, 0.6) is 11.6 Å². The molecule has 1 aromatic carbocycles. The van der Waals surface area contributed by atoms with Crippen molar-refractivity contribution < 1.29 is 19.1 Å². The predicted molar refractivity (Wildman–Crippen MR) is 101 cm³/mol. The molecule has 3 rings (SSSR count). The van der Waals surface area contributed by atoms with Crippen molar-refractivity contribution in [2.45, 2.75) is 25.8 Å². The minimum Gasteiger partial charge on any atom is -0.497 e. The van der Waals surface area contributed by atoms with Crippen molar-refractivity contribution in [2.75, 3.05) is 19.0 Å². The van der Waals surface area contributed by atoms with Crippen molar-refractivity contribution >= 4 is 17.5 Å². The van der Waals surface area contributed by atoms with E-state index >= 15 is 0 Å². The second-order valence-corrected chi connectivity index (χ2v) is 6.50. The van der Waals surface area contributed by atoms with Gasteiger partial charge in [0, 0.05) is 12.0 Å². The maximum atomic E-state index is 12.1. The number of pyridine rings is 1. The second-order valence-electron chi connectivity index (χ2n) is 6.50. The summed E-state index contributed by atoms with van der Waals surface area (Å²) in [7, 11) is 1.60. The van der Waals surface area contributed by atoms with Crippen LogP contribution in [-0.4, -0.2) is 30.5 Å². The summed E-state index contributed by atoms with van der Waals surface area (Å²) in [6, 6.07) is 10.7. The molecule has 1 fully saturated rings. The molecule has 2 amide bonds. The number of aromatic nitrogens is 1. The van der Waals surface area contributed by atoms with Gasteiger partial charge in [-0.2, -0.15) is 0 Å². The van der Waals surface area contributed by atoms with Crippen LogP contribution in [0.1, 0.15) is 31.4 Å². The summed E-state index contributed by atoms with van der Waals surface area (Å²) < 4.78 is 10.6. The molecule has 1 heterocycles. The molecule has 142 valence electrons. The van der Waals surface area contributed by atoms with Crippen LogP contribution >= 0.6 is 0 Å². The van der Waals surface area contributed by atoms with Crippen LogP contribution < -0.4 is 20.1 Å². The van der Waals surface area contributed by atoms with Crippen molar-refractivity contribution in [3.8, 4) is 11.6 Å². The average molecular weight is 369 g/mol. The fourth-order valence-electron chi connectivity index (χ4n) is 2.55. The lowest BCUT2D eigenvalue weighted by atomic mass is 10.1. The highest BCUT2D eigenvalue weighted by atomic mass is 16.5. The van der Waals surface area contributed by atoms with E-state index in [0.29, 0.717) is 11.6 Å². The Morgan fingerprint density at radius 1 is 1.26 bits per heavy atom. The Morgan fingerprint density at radius 2 is 2.07 bits per heavy atom. The topological polar surface area (TPSA) is 89.5 Å². The number of nitrogens with zero attached hydrogens (tertiary/aromatic N) is 1. The van der Waals surface area contributed by atoms with Crippen LogP contribution in [0.25, 0.3) is 0 Å². The molecular weight excluding hydrogens is 346 g/mol. The van der Waals surface area contributed by atoms with Gasteiger partial charge in [0.05, 0.1) is 25.0 Å². The number of anilines is 1. The summed E-state index contributed by atoms with van der Waals surface area (Å²) >= 11 is 0. The van der Waals surface area contributed by atoms with Gasteiger partial charge in [-0.05, 0) is 43.5 Å². The van der Waals surface area contributed by atoms with Gasteiger partial charge in [-0.25, -0.2) is 4.98 Å². The zero-order valence-corrected chi connectivity index (χ0v) is 15.4. The van der Waals surface area contributed by atoms with E-state index in [9.17, 15) is 9.59 Å². The van der Waals surface area contributed by atoms with E-state index in [0.717, 1.165) is 24.2 Å². The number of benzene rings is 1. The van der Waals surface area contributed by atoms with Gasteiger partial charge in [0.25, 0.3) is 5.91 Å². The maximum Gasteiger partial charge on any atom is 0.258 e. The lowest BCUT2D eigenvalue weighted by molar-refractivity contribution is -0.123. The minimum atomic E-state index is -0.252. The Morgan fingerprint density at radius 3 is 2.74 bits per heavy atom. The van der Waals surface area contributed by atoms with Gasteiger partial charge in [0.1, 0.15) is 5.75 Å². The molecule has 2 aromatic rings. The molecule has 0 spiro atoms. The summed E-state index contributed by atoms with van der Waals surface area (Å²) in [5.41, 5.74) is 1.56. The standard InChI is InChI=1S/C20H23N3O4/c1-13(15-4-3-5-17(10-15)26-2)22-18(24)12-27-19-9-8-16(11-21-19)23-20(25)14-6-7-14/h3-5,8-11,13-14H,6-7,12H2,1-2H3,(H,22,24)(H,23,25). The number of hydrogen-bond acceptors (Lipinski definition) is 5. The largest absolute Gasteiger partial charge is 0.497 e. The third-order valence-electron chi connectivity index (χ3n) is 4.27. The van der Waals surface area contributed by atoms with E-state index in [2.05, 4.69) is 15.6 Å². The number of nitrogens with one attached hydrogen (secondary N) is 2. The number of carbonyl (C=O) groups is 2.